The molecule has 1 unspecified atom stereocenters. The van der Waals surface area contributed by atoms with Crippen LogP contribution in [0.4, 0.5) is 5.69 Å². The Hall–Kier alpha value is -3.13. The van der Waals surface area contributed by atoms with E-state index in [0.29, 0.717) is 28.3 Å². The summed E-state index contributed by atoms with van der Waals surface area (Å²) in [7, 11) is 0. The van der Waals surface area contributed by atoms with Crippen LogP contribution in [-0.4, -0.2) is 24.7 Å². The maximum Gasteiger partial charge on any atom is 0.251 e. The maximum atomic E-state index is 13.3. The largest absolute Gasteiger partial charge is 0.398 e. The summed E-state index contributed by atoms with van der Waals surface area (Å²) >= 11 is 1.13. The van der Waals surface area contributed by atoms with Crippen molar-refractivity contribution in [1.82, 2.24) is 10.6 Å². The van der Waals surface area contributed by atoms with Crippen molar-refractivity contribution >= 4 is 29.3 Å². The van der Waals surface area contributed by atoms with Gasteiger partial charge in [-0.2, -0.15) is 0 Å². The van der Waals surface area contributed by atoms with Crippen molar-refractivity contribution in [1.29, 1.82) is 5.41 Å². The first-order chi connectivity index (χ1) is 16.1. The van der Waals surface area contributed by atoms with Crippen molar-refractivity contribution in [3.63, 3.8) is 0 Å². The zero-order chi connectivity index (χ0) is 23.2. The summed E-state index contributed by atoms with van der Waals surface area (Å²) in [5, 5.41) is 21.0. The molecular weight excluding hydrogens is 430 g/mol. The van der Waals surface area contributed by atoms with Gasteiger partial charge in [0.15, 0.2) is 0 Å². The fourth-order valence-corrected chi connectivity index (χ4v) is 4.68. The van der Waals surface area contributed by atoms with E-state index in [-0.39, 0.29) is 17.7 Å². The molecule has 0 bridgehead atoms. The lowest BCUT2D eigenvalue weighted by molar-refractivity contribution is 0.0914. The first kappa shape index (κ1) is 23.0. The molecule has 0 radical (unpaired) electrons. The van der Waals surface area contributed by atoms with Gasteiger partial charge in [-0.3, -0.25) is 15.3 Å². The Kier molecular flexibility index (Phi) is 7.44. The summed E-state index contributed by atoms with van der Waals surface area (Å²) in [4.78, 5) is 14.2. The second kappa shape index (κ2) is 10.7. The number of piperidine rings is 1. The van der Waals surface area contributed by atoms with Crippen LogP contribution in [0.2, 0.25) is 0 Å². The Morgan fingerprint density at radius 3 is 2.48 bits per heavy atom. The highest BCUT2D eigenvalue weighted by atomic mass is 32.2. The summed E-state index contributed by atoms with van der Waals surface area (Å²) in [6.45, 7) is 1.90. The van der Waals surface area contributed by atoms with Gasteiger partial charge in [0.1, 0.15) is 0 Å². The van der Waals surface area contributed by atoms with Crippen molar-refractivity contribution in [2.24, 2.45) is 11.1 Å². The number of hydrogen-bond donors (Lipinski definition) is 5. The molecule has 7 heteroatoms. The molecule has 1 amide bonds. The predicted octanol–water partition coefficient (Wildman–Crippen LogP) is 4.12. The molecular formula is C26H29N5OS. The van der Waals surface area contributed by atoms with E-state index in [0.717, 1.165) is 48.3 Å². The molecule has 0 saturated carbocycles. The second-order valence-electron chi connectivity index (χ2n) is 8.27. The zero-order valence-corrected chi connectivity index (χ0v) is 19.2. The Morgan fingerprint density at radius 2 is 1.76 bits per heavy atom. The number of carbonyl (C=O) groups excluding carboxylic acids is 1. The summed E-state index contributed by atoms with van der Waals surface area (Å²) in [5.74, 6) is 0.198. The lowest BCUT2D eigenvalue weighted by Crippen LogP contribution is -2.39. The average molecular weight is 460 g/mol. The lowest BCUT2D eigenvalue weighted by atomic mass is 9.85. The van der Waals surface area contributed by atoms with Crippen LogP contribution in [0.15, 0.2) is 77.7 Å². The van der Waals surface area contributed by atoms with E-state index in [2.05, 4.69) is 22.8 Å². The van der Waals surface area contributed by atoms with Gasteiger partial charge in [0.2, 0.25) is 0 Å². The molecule has 33 heavy (non-hydrogen) atoms. The number of rotatable bonds is 7. The molecule has 3 aromatic rings. The highest BCUT2D eigenvalue weighted by molar-refractivity contribution is 7.97. The van der Waals surface area contributed by atoms with Crippen LogP contribution in [0.3, 0.4) is 0 Å². The number of anilines is 1. The normalized spacial score (nSPS) is 15.1. The van der Waals surface area contributed by atoms with Gasteiger partial charge in [-0.1, -0.05) is 42.5 Å². The molecule has 4 rings (SSSR count). The molecule has 0 aliphatic carbocycles. The van der Waals surface area contributed by atoms with Gasteiger partial charge in [-0.05, 0) is 79.7 Å². The Bertz CT molecular complexity index is 1130. The molecule has 1 aliphatic rings. The van der Waals surface area contributed by atoms with Crippen molar-refractivity contribution < 1.29 is 4.79 Å². The summed E-state index contributed by atoms with van der Waals surface area (Å²) in [6, 6.07) is 22.6. The predicted molar refractivity (Wildman–Crippen MR) is 136 cm³/mol. The van der Waals surface area contributed by atoms with Crippen LogP contribution in [0, 0.1) is 11.3 Å². The topological polar surface area (TPSA) is 117 Å². The van der Waals surface area contributed by atoms with Crippen molar-refractivity contribution in [3.05, 3.63) is 95.1 Å². The SMILES string of the molecule is N=C(c1cccc(SN)c1)c1cc(C(=O)NC(c2ccccc2)C2CCNCC2)ccc1N. The molecule has 0 aromatic heterocycles. The molecule has 170 valence electrons. The van der Waals surface area contributed by atoms with Gasteiger partial charge >= 0.3 is 0 Å². The quantitative estimate of drug-likeness (QED) is 0.207. The van der Waals surface area contributed by atoms with E-state index in [9.17, 15) is 4.79 Å². The standard InChI is InChI=1S/C26H29N5OS/c27-23-10-9-20(16-22(23)24(28)19-7-4-8-21(15-19)33-29)26(32)31-25(17-5-2-1-3-6-17)18-11-13-30-14-12-18/h1-10,15-16,18,25,28,30H,11-14,27,29H2,(H,31,32). The van der Waals surface area contributed by atoms with Crippen molar-refractivity contribution in [2.75, 3.05) is 18.8 Å². The van der Waals surface area contributed by atoms with Crippen LogP contribution in [0.5, 0.6) is 0 Å². The van der Waals surface area contributed by atoms with E-state index in [1.165, 1.54) is 0 Å². The average Bonchev–Trinajstić information content (AvgIpc) is 2.88. The van der Waals surface area contributed by atoms with Crippen molar-refractivity contribution in [3.8, 4) is 0 Å². The van der Waals surface area contributed by atoms with Gasteiger partial charge in [0, 0.05) is 27.3 Å². The molecule has 1 saturated heterocycles. The first-order valence-corrected chi connectivity index (χ1v) is 12.0. The fraction of sp³-hybridized carbons (Fsp3) is 0.231. The molecule has 1 aliphatic heterocycles. The zero-order valence-electron chi connectivity index (χ0n) is 18.4. The van der Waals surface area contributed by atoms with Gasteiger partial charge in [-0.25, -0.2) is 0 Å². The third kappa shape index (κ3) is 5.45. The third-order valence-corrected chi connectivity index (χ3v) is 6.67. The third-order valence-electron chi connectivity index (χ3n) is 6.14. The van der Waals surface area contributed by atoms with E-state index in [4.69, 9.17) is 16.3 Å². The molecule has 1 atom stereocenters. The molecule has 3 aromatic carbocycles. The Morgan fingerprint density at radius 1 is 1.00 bits per heavy atom. The first-order valence-electron chi connectivity index (χ1n) is 11.1. The van der Waals surface area contributed by atoms with Crippen LogP contribution in [0.1, 0.15) is 45.9 Å². The summed E-state index contributed by atoms with van der Waals surface area (Å²) in [5.41, 5.74) is 9.74. The minimum absolute atomic E-state index is 0.0699. The molecule has 1 fully saturated rings. The Balaban J connectivity index is 1.60. The lowest BCUT2D eigenvalue weighted by Gasteiger charge is -2.32. The second-order valence-corrected chi connectivity index (χ2v) is 8.98. The summed E-state index contributed by atoms with van der Waals surface area (Å²) in [6.07, 6.45) is 2.01. The summed E-state index contributed by atoms with van der Waals surface area (Å²) < 4.78 is 0. The van der Waals surface area contributed by atoms with Gasteiger partial charge in [0.25, 0.3) is 5.91 Å². The maximum absolute atomic E-state index is 13.3. The molecule has 1 heterocycles. The van der Waals surface area contributed by atoms with Crippen LogP contribution in [0.25, 0.3) is 0 Å². The number of nitrogens with two attached hydrogens (primary N) is 2. The fourth-order valence-electron chi connectivity index (χ4n) is 4.33. The van der Waals surface area contributed by atoms with E-state index in [1.807, 2.05) is 42.5 Å². The van der Waals surface area contributed by atoms with Crippen molar-refractivity contribution in [2.45, 2.75) is 23.8 Å². The van der Waals surface area contributed by atoms with Gasteiger partial charge in [0.05, 0.1) is 11.8 Å². The highest BCUT2D eigenvalue weighted by Gasteiger charge is 2.27. The van der Waals surface area contributed by atoms with E-state index < -0.39 is 0 Å². The Labute approximate surface area is 198 Å². The minimum Gasteiger partial charge on any atom is -0.398 e. The smallest absolute Gasteiger partial charge is 0.251 e. The number of nitrogens with one attached hydrogen (secondary N) is 3. The number of benzene rings is 3. The van der Waals surface area contributed by atoms with Crippen LogP contribution < -0.4 is 21.5 Å². The molecule has 6 nitrogen and oxygen atoms in total. The van der Waals surface area contributed by atoms with E-state index in [1.54, 1.807) is 18.2 Å². The number of hydrogen-bond acceptors (Lipinski definition) is 6. The molecule has 0 spiro atoms. The number of amides is 1. The number of nitrogen functional groups attached to an aromatic ring is 1. The van der Waals surface area contributed by atoms with E-state index >= 15 is 0 Å². The van der Waals surface area contributed by atoms with Gasteiger partial charge in [-0.15, -0.1) is 0 Å². The molecule has 7 N–H and O–H groups in total. The minimum atomic E-state index is -0.164. The highest BCUT2D eigenvalue weighted by Crippen LogP contribution is 2.29. The van der Waals surface area contributed by atoms with Crippen LogP contribution in [-0.2, 0) is 0 Å². The van der Waals surface area contributed by atoms with Crippen LogP contribution >= 0.6 is 11.9 Å². The van der Waals surface area contributed by atoms with Gasteiger partial charge < -0.3 is 16.4 Å². The number of carbonyl (C=O) groups is 1. The monoisotopic (exact) mass is 459 g/mol.